The largest absolute Gasteiger partial charge is 0.546 e. The minimum atomic E-state index is -1.18. The molecule has 1 unspecified atom stereocenters. The second kappa shape index (κ2) is 4.87. The number of carboxylic acid groups (broad SMARTS) is 1. The summed E-state index contributed by atoms with van der Waals surface area (Å²) >= 11 is 0. The molecule has 2 rings (SSSR count). The van der Waals surface area contributed by atoms with E-state index in [9.17, 15) is 9.90 Å². The normalized spacial score (nSPS) is 12.3. The molecule has 2 aromatic carbocycles. The van der Waals surface area contributed by atoms with Crippen LogP contribution in [0.4, 0.5) is 0 Å². The first kappa shape index (κ1) is 11.5. The molecule has 17 heavy (non-hydrogen) atoms. The maximum Gasteiger partial charge on any atom is 0.138 e. The number of hydrogen-bond acceptors (Lipinski definition) is 3. The van der Waals surface area contributed by atoms with Crippen molar-refractivity contribution in [3.63, 3.8) is 0 Å². The molecule has 3 heteroatoms. The smallest absolute Gasteiger partial charge is 0.138 e. The predicted octanol–water partition coefficient (Wildman–Crippen LogP) is 1.75. The van der Waals surface area contributed by atoms with E-state index in [0.29, 0.717) is 12.2 Å². The molecule has 0 aliphatic carbocycles. The van der Waals surface area contributed by atoms with Crippen LogP contribution in [0.1, 0.15) is 13.3 Å². The van der Waals surface area contributed by atoms with Crippen LogP contribution in [-0.2, 0) is 4.79 Å². The van der Waals surface area contributed by atoms with Gasteiger partial charge in [-0.15, -0.1) is 0 Å². The summed E-state index contributed by atoms with van der Waals surface area (Å²) in [6.07, 6.45) is -0.508. The van der Waals surface area contributed by atoms with E-state index < -0.39 is 12.1 Å². The Bertz CT molecular complexity index is 534. The fourth-order valence-corrected chi connectivity index (χ4v) is 1.70. The molecule has 3 nitrogen and oxygen atoms in total. The van der Waals surface area contributed by atoms with Gasteiger partial charge in [-0.1, -0.05) is 37.3 Å². The van der Waals surface area contributed by atoms with E-state index in [-0.39, 0.29) is 0 Å². The molecule has 0 aromatic heterocycles. The van der Waals surface area contributed by atoms with Crippen LogP contribution in [0.25, 0.3) is 10.8 Å². The minimum Gasteiger partial charge on any atom is -0.546 e. The fraction of sp³-hybridized carbons (Fsp3) is 0.214. The second-order valence-corrected chi connectivity index (χ2v) is 3.84. The molecule has 0 radical (unpaired) electrons. The SMILES string of the molecule is CCC(Oc1ccc2ccccc2c1)C(=O)[O-]. The summed E-state index contributed by atoms with van der Waals surface area (Å²) in [6.45, 7) is 1.75. The van der Waals surface area contributed by atoms with Crippen LogP contribution < -0.4 is 9.84 Å². The van der Waals surface area contributed by atoms with Crippen molar-refractivity contribution in [1.82, 2.24) is 0 Å². The Morgan fingerprint density at radius 3 is 2.59 bits per heavy atom. The molecule has 0 saturated heterocycles. The summed E-state index contributed by atoms with van der Waals surface area (Å²) in [7, 11) is 0. The zero-order valence-corrected chi connectivity index (χ0v) is 9.55. The van der Waals surface area contributed by atoms with Gasteiger partial charge < -0.3 is 14.6 Å². The maximum absolute atomic E-state index is 10.8. The molecule has 1 atom stereocenters. The van der Waals surface area contributed by atoms with Crippen LogP contribution in [0.5, 0.6) is 5.75 Å². The molecule has 0 saturated carbocycles. The van der Waals surface area contributed by atoms with Gasteiger partial charge in [0.15, 0.2) is 0 Å². The zero-order chi connectivity index (χ0) is 12.3. The molecule has 0 aliphatic heterocycles. The number of fused-ring (bicyclic) bond motifs is 1. The lowest BCUT2D eigenvalue weighted by Gasteiger charge is -2.18. The van der Waals surface area contributed by atoms with Crippen LogP contribution >= 0.6 is 0 Å². The molecule has 0 fully saturated rings. The molecule has 0 amide bonds. The van der Waals surface area contributed by atoms with Gasteiger partial charge >= 0.3 is 0 Å². The third kappa shape index (κ3) is 2.56. The standard InChI is InChI=1S/C14H14O3/c1-2-13(14(15)16)17-12-8-7-10-5-3-4-6-11(10)9-12/h3-9,13H,2H2,1H3,(H,15,16)/p-1. The molecule has 88 valence electrons. The van der Waals surface area contributed by atoms with E-state index in [1.807, 2.05) is 36.4 Å². The summed E-state index contributed by atoms with van der Waals surface area (Å²) in [5, 5.41) is 12.9. The summed E-state index contributed by atoms with van der Waals surface area (Å²) in [5.41, 5.74) is 0. The Labute approximate surface area is 99.6 Å². The third-order valence-corrected chi connectivity index (χ3v) is 2.63. The Hall–Kier alpha value is -2.03. The fourth-order valence-electron chi connectivity index (χ4n) is 1.70. The molecule has 2 aromatic rings. The van der Waals surface area contributed by atoms with Gasteiger partial charge in [0.1, 0.15) is 11.9 Å². The van der Waals surface area contributed by atoms with Gasteiger partial charge in [0.2, 0.25) is 0 Å². The van der Waals surface area contributed by atoms with Crippen LogP contribution in [0.3, 0.4) is 0 Å². The Kier molecular flexibility index (Phi) is 3.28. The lowest BCUT2D eigenvalue weighted by atomic mass is 10.1. The summed E-state index contributed by atoms with van der Waals surface area (Å²) < 4.78 is 5.37. The molecule has 0 aliphatic rings. The van der Waals surface area contributed by atoms with Crippen LogP contribution in [-0.4, -0.2) is 12.1 Å². The monoisotopic (exact) mass is 229 g/mol. The first-order valence-corrected chi connectivity index (χ1v) is 5.57. The van der Waals surface area contributed by atoms with Gasteiger partial charge in [0.05, 0.1) is 5.97 Å². The first-order chi connectivity index (χ1) is 8.20. The average Bonchev–Trinajstić information content (AvgIpc) is 2.35. The highest BCUT2D eigenvalue weighted by atomic mass is 16.5. The molecule has 0 bridgehead atoms. The zero-order valence-electron chi connectivity index (χ0n) is 9.55. The topological polar surface area (TPSA) is 49.4 Å². The van der Waals surface area contributed by atoms with Crippen molar-refractivity contribution in [2.75, 3.05) is 0 Å². The quantitative estimate of drug-likeness (QED) is 0.802. The number of aliphatic carboxylic acids is 1. The van der Waals surface area contributed by atoms with Gasteiger partial charge in [-0.3, -0.25) is 0 Å². The number of carbonyl (C=O) groups excluding carboxylic acids is 1. The number of carboxylic acids is 1. The van der Waals surface area contributed by atoms with Crippen LogP contribution in [0.15, 0.2) is 42.5 Å². The second-order valence-electron chi connectivity index (χ2n) is 3.84. The van der Waals surface area contributed by atoms with Gasteiger partial charge in [0, 0.05) is 0 Å². The van der Waals surface area contributed by atoms with Crippen molar-refractivity contribution in [1.29, 1.82) is 0 Å². The summed E-state index contributed by atoms with van der Waals surface area (Å²) in [6, 6.07) is 13.4. The van der Waals surface area contributed by atoms with Gasteiger partial charge in [0.25, 0.3) is 0 Å². The van der Waals surface area contributed by atoms with Crippen molar-refractivity contribution in [3.8, 4) is 5.75 Å². The predicted molar refractivity (Wildman–Crippen MR) is 63.7 cm³/mol. The number of benzene rings is 2. The maximum atomic E-state index is 10.8. The van der Waals surface area contributed by atoms with Crippen molar-refractivity contribution >= 4 is 16.7 Å². The van der Waals surface area contributed by atoms with Crippen molar-refractivity contribution in [2.24, 2.45) is 0 Å². The highest BCUT2D eigenvalue weighted by Gasteiger charge is 2.09. The number of hydrogen-bond donors (Lipinski definition) is 0. The lowest BCUT2D eigenvalue weighted by Crippen LogP contribution is -2.39. The molecule has 0 heterocycles. The van der Waals surface area contributed by atoms with Crippen molar-refractivity contribution < 1.29 is 14.6 Å². The van der Waals surface area contributed by atoms with Gasteiger partial charge in [-0.25, -0.2) is 0 Å². The van der Waals surface area contributed by atoms with E-state index >= 15 is 0 Å². The van der Waals surface area contributed by atoms with E-state index in [1.54, 1.807) is 13.0 Å². The Balaban J connectivity index is 2.27. The average molecular weight is 229 g/mol. The summed E-state index contributed by atoms with van der Waals surface area (Å²) in [4.78, 5) is 10.8. The third-order valence-electron chi connectivity index (χ3n) is 2.63. The highest BCUT2D eigenvalue weighted by Crippen LogP contribution is 2.21. The number of rotatable bonds is 4. The number of carbonyl (C=O) groups is 1. The molecular formula is C14H13O3-. The number of ether oxygens (including phenoxy) is 1. The lowest BCUT2D eigenvalue weighted by molar-refractivity contribution is -0.313. The molecule has 0 N–H and O–H groups in total. The Morgan fingerprint density at radius 2 is 1.94 bits per heavy atom. The van der Waals surface area contributed by atoms with E-state index in [4.69, 9.17) is 4.74 Å². The van der Waals surface area contributed by atoms with E-state index in [0.717, 1.165) is 10.8 Å². The molecular weight excluding hydrogens is 216 g/mol. The van der Waals surface area contributed by atoms with Crippen LogP contribution in [0, 0.1) is 0 Å². The Morgan fingerprint density at radius 1 is 1.24 bits per heavy atom. The van der Waals surface area contributed by atoms with E-state index in [1.165, 1.54) is 0 Å². The van der Waals surface area contributed by atoms with Crippen LogP contribution in [0.2, 0.25) is 0 Å². The first-order valence-electron chi connectivity index (χ1n) is 5.57. The highest BCUT2D eigenvalue weighted by molar-refractivity contribution is 5.83. The minimum absolute atomic E-state index is 0.384. The van der Waals surface area contributed by atoms with Gasteiger partial charge in [-0.2, -0.15) is 0 Å². The van der Waals surface area contributed by atoms with Crippen molar-refractivity contribution in [2.45, 2.75) is 19.4 Å². The van der Waals surface area contributed by atoms with E-state index in [2.05, 4.69) is 0 Å². The summed E-state index contributed by atoms with van der Waals surface area (Å²) in [5.74, 6) is -0.625. The molecule has 0 spiro atoms. The van der Waals surface area contributed by atoms with Gasteiger partial charge in [-0.05, 0) is 29.3 Å². The van der Waals surface area contributed by atoms with Crippen molar-refractivity contribution in [3.05, 3.63) is 42.5 Å².